The standard InChI is InChI=1S/C26H28BNO4S/c1-19-23(29-17-20-11-5-2-6-12-20)24(32-27-28)25(30-18-21-13-7-3-8-14-21)26(31-19)33-22-15-9-4-10-16-22/h2-16,19,23-26,28H,17-18H2,1H3. The summed E-state index contributed by atoms with van der Waals surface area (Å²) in [5.41, 5.74) is 1.82. The van der Waals surface area contributed by atoms with Gasteiger partial charge in [-0.15, -0.1) is 0 Å². The molecule has 4 rings (SSSR count). The van der Waals surface area contributed by atoms with Crippen LogP contribution in [0.2, 0.25) is 0 Å². The Morgan fingerprint density at radius 2 is 1.27 bits per heavy atom. The van der Waals surface area contributed by atoms with Crippen LogP contribution >= 0.6 is 11.8 Å². The van der Waals surface area contributed by atoms with Gasteiger partial charge in [0.1, 0.15) is 0 Å². The van der Waals surface area contributed by atoms with E-state index >= 15 is 0 Å². The molecule has 1 aliphatic rings. The van der Waals surface area contributed by atoms with Crippen molar-refractivity contribution in [3.05, 3.63) is 102 Å². The third-order valence-corrected chi connectivity index (χ3v) is 6.67. The van der Waals surface area contributed by atoms with Gasteiger partial charge in [-0.25, -0.2) is 0 Å². The summed E-state index contributed by atoms with van der Waals surface area (Å²) in [5, 5.41) is 7.66. The molecule has 0 amide bonds. The van der Waals surface area contributed by atoms with E-state index in [-0.39, 0.29) is 17.6 Å². The first-order valence-corrected chi connectivity index (χ1v) is 11.9. The first-order valence-electron chi connectivity index (χ1n) is 11.1. The van der Waals surface area contributed by atoms with Crippen molar-refractivity contribution in [2.24, 2.45) is 0 Å². The Bertz CT molecular complexity index is 979. The molecule has 5 unspecified atom stereocenters. The summed E-state index contributed by atoms with van der Waals surface area (Å²) in [6.07, 6.45) is -1.55. The van der Waals surface area contributed by atoms with Crippen molar-refractivity contribution in [3.8, 4) is 0 Å². The Hall–Kier alpha value is -2.45. The second-order valence-electron chi connectivity index (χ2n) is 7.88. The van der Waals surface area contributed by atoms with Crippen LogP contribution in [0.3, 0.4) is 0 Å². The van der Waals surface area contributed by atoms with Gasteiger partial charge < -0.3 is 0 Å². The van der Waals surface area contributed by atoms with Gasteiger partial charge in [-0.3, -0.25) is 0 Å². The summed E-state index contributed by atoms with van der Waals surface area (Å²) >= 11 is 1.60. The normalized spacial score (nSPS) is 24.7. The molecule has 170 valence electrons. The molecule has 0 radical (unpaired) electrons. The van der Waals surface area contributed by atoms with E-state index in [0.29, 0.717) is 13.2 Å². The monoisotopic (exact) mass is 461 g/mol. The fourth-order valence-electron chi connectivity index (χ4n) is 3.87. The predicted octanol–water partition coefficient (Wildman–Crippen LogP) is 5.46. The van der Waals surface area contributed by atoms with Crippen LogP contribution in [-0.4, -0.2) is 37.1 Å². The second-order valence-corrected chi connectivity index (χ2v) is 9.05. The van der Waals surface area contributed by atoms with Crippen molar-refractivity contribution in [1.29, 1.82) is 5.31 Å². The van der Waals surface area contributed by atoms with Crippen molar-refractivity contribution in [3.63, 3.8) is 0 Å². The number of hydrogen-bond acceptors (Lipinski definition) is 6. The molecule has 5 nitrogen and oxygen atoms in total. The van der Waals surface area contributed by atoms with Crippen LogP contribution < -0.4 is 0 Å². The summed E-state index contributed by atoms with van der Waals surface area (Å²) in [6.45, 7) is 2.83. The fourth-order valence-corrected chi connectivity index (χ4v) is 5.05. The average molecular weight is 461 g/mol. The van der Waals surface area contributed by atoms with Crippen LogP contribution in [0, 0.1) is 5.31 Å². The maximum atomic E-state index is 7.66. The van der Waals surface area contributed by atoms with Crippen LogP contribution in [0.25, 0.3) is 0 Å². The zero-order valence-electron chi connectivity index (χ0n) is 18.6. The summed E-state index contributed by atoms with van der Waals surface area (Å²) in [7, 11) is 0.977. The average Bonchev–Trinajstić information content (AvgIpc) is 2.85. The van der Waals surface area contributed by atoms with Crippen molar-refractivity contribution in [1.82, 2.24) is 0 Å². The minimum absolute atomic E-state index is 0.239. The van der Waals surface area contributed by atoms with Gasteiger partial charge in [-0.2, -0.15) is 0 Å². The van der Waals surface area contributed by atoms with E-state index in [4.69, 9.17) is 24.2 Å². The SMILES string of the molecule is CC1OC(Sc2ccccc2)C(OCc2ccccc2)C(OB=N)C1OCc1ccccc1. The van der Waals surface area contributed by atoms with Crippen LogP contribution in [0.5, 0.6) is 0 Å². The van der Waals surface area contributed by atoms with Gasteiger partial charge in [-0.05, 0) is 0 Å². The third-order valence-electron chi connectivity index (χ3n) is 5.52. The molecule has 1 aliphatic heterocycles. The first-order chi connectivity index (χ1) is 16.2. The molecule has 1 heterocycles. The van der Waals surface area contributed by atoms with E-state index in [1.165, 1.54) is 0 Å². The van der Waals surface area contributed by atoms with Gasteiger partial charge in [-0.1, -0.05) is 0 Å². The number of rotatable bonds is 10. The Kier molecular flexibility index (Phi) is 8.72. The molecule has 1 fully saturated rings. The van der Waals surface area contributed by atoms with Gasteiger partial charge >= 0.3 is 200 Å². The Balaban J connectivity index is 1.55. The van der Waals surface area contributed by atoms with Crippen molar-refractivity contribution in [2.45, 2.75) is 54.9 Å². The van der Waals surface area contributed by atoms with E-state index in [0.717, 1.165) is 23.3 Å². The van der Waals surface area contributed by atoms with E-state index in [2.05, 4.69) is 12.1 Å². The Morgan fingerprint density at radius 1 is 0.758 bits per heavy atom. The molecule has 0 bridgehead atoms. The van der Waals surface area contributed by atoms with Gasteiger partial charge in [0.05, 0.1) is 0 Å². The quantitative estimate of drug-likeness (QED) is 0.407. The molecule has 1 N–H and O–H groups in total. The van der Waals surface area contributed by atoms with Crippen molar-refractivity contribution in [2.75, 3.05) is 0 Å². The van der Waals surface area contributed by atoms with Crippen molar-refractivity contribution < 1.29 is 18.9 Å². The molecule has 0 aliphatic carbocycles. The summed E-state index contributed by atoms with van der Waals surface area (Å²) in [5.74, 6) is 0. The molecular formula is C26H28BNO4S. The molecule has 33 heavy (non-hydrogen) atoms. The van der Waals surface area contributed by atoms with Crippen LogP contribution in [0.4, 0.5) is 0 Å². The molecule has 0 spiro atoms. The summed E-state index contributed by atoms with van der Waals surface area (Å²) in [6, 6.07) is 30.1. The van der Waals surface area contributed by atoms with Crippen LogP contribution in [0.1, 0.15) is 18.1 Å². The maximum absolute atomic E-state index is 7.66. The summed E-state index contributed by atoms with van der Waals surface area (Å²) < 4.78 is 24.9. The first kappa shape index (κ1) is 23.7. The molecule has 0 aromatic heterocycles. The van der Waals surface area contributed by atoms with E-state index in [1.807, 2.05) is 85.8 Å². The zero-order valence-corrected chi connectivity index (χ0v) is 19.4. The van der Waals surface area contributed by atoms with E-state index < -0.39 is 12.2 Å². The molecule has 0 saturated carbocycles. The summed E-state index contributed by atoms with van der Waals surface area (Å²) in [4.78, 5) is 1.08. The van der Waals surface area contributed by atoms with E-state index in [1.54, 1.807) is 11.8 Å². The third kappa shape index (κ3) is 6.54. The Labute approximate surface area is 200 Å². The molecule has 1 saturated heterocycles. The molecule has 7 heteroatoms. The number of benzene rings is 3. The molecular weight excluding hydrogens is 433 g/mol. The molecule has 3 aromatic carbocycles. The van der Waals surface area contributed by atoms with Gasteiger partial charge in [0, 0.05) is 0 Å². The molecule has 5 atom stereocenters. The van der Waals surface area contributed by atoms with Crippen LogP contribution in [-0.2, 0) is 32.1 Å². The Morgan fingerprint density at radius 3 is 1.82 bits per heavy atom. The van der Waals surface area contributed by atoms with Gasteiger partial charge in [0.2, 0.25) is 0 Å². The van der Waals surface area contributed by atoms with E-state index in [9.17, 15) is 0 Å². The number of thioether (sulfide) groups is 1. The number of ether oxygens (including phenoxy) is 3. The van der Waals surface area contributed by atoms with Crippen LogP contribution in [0.15, 0.2) is 95.9 Å². The topological polar surface area (TPSA) is 60.8 Å². The number of hydrogen-bond donors (Lipinski definition) is 1. The van der Waals surface area contributed by atoms with Crippen molar-refractivity contribution >= 4 is 19.0 Å². The zero-order chi connectivity index (χ0) is 22.9. The predicted molar refractivity (Wildman–Crippen MR) is 130 cm³/mol. The van der Waals surface area contributed by atoms with Gasteiger partial charge in [0.25, 0.3) is 0 Å². The molecule has 3 aromatic rings. The second kappa shape index (κ2) is 12.1. The fraction of sp³-hybridized carbons (Fsp3) is 0.308. The minimum atomic E-state index is -0.486. The van der Waals surface area contributed by atoms with Gasteiger partial charge in [0.15, 0.2) is 0 Å². The number of nitrogens with one attached hydrogen (secondary N) is 1.